The number of carbonyl (C=O) groups is 1. The lowest BCUT2D eigenvalue weighted by molar-refractivity contribution is -0.121. The number of rotatable bonds is 6. The number of pyridine rings is 1. The van der Waals surface area contributed by atoms with Gasteiger partial charge in [0.15, 0.2) is 0 Å². The smallest absolute Gasteiger partial charge is 0.231 e. The summed E-state index contributed by atoms with van der Waals surface area (Å²) >= 11 is 0. The van der Waals surface area contributed by atoms with Crippen molar-refractivity contribution in [2.45, 2.75) is 19.8 Å². The zero-order valence-electron chi connectivity index (χ0n) is 12.8. The summed E-state index contributed by atoms with van der Waals surface area (Å²) in [6.45, 7) is 2.76. The highest BCUT2D eigenvalue weighted by Gasteiger charge is 2.39. The van der Waals surface area contributed by atoms with Crippen molar-refractivity contribution in [1.29, 1.82) is 0 Å². The second kappa shape index (κ2) is 6.56. The van der Waals surface area contributed by atoms with E-state index in [0.717, 1.165) is 18.4 Å². The van der Waals surface area contributed by atoms with Crippen molar-refractivity contribution >= 4 is 11.5 Å². The number of aryl methyl sites for hydroxylation is 1. The summed E-state index contributed by atoms with van der Waals surface area (Å²) in [4.78, 5) is 16.3. The first kappa shape index (κ1) is 14.5. The molecule has 1 heterocycles. The second-order valence-electron chi connectivity index (χ2n) is 5.65. The molecule has 1 aromatic carbocycles. The highest BCUT2D eigenvalue weighted by molar-refractivity contribution is 6.05. The van der Waals surface area contributed by atoms with Crippen LogP contribution in [0.4, 0.5) is 0 Å². The Kier molecular flexibility index (Phi) is 4.33. The number of benzene rings is 1. The molecule has 0 unspecified atom stereocenters. The average molecular weight is 292 g/mol. The monoisotopic (exact) mass is 292 g/mol. The maximum atomic E-state index is 12.2. The average Bonchev–Trinajstić information content (AvgIpc) is 3.24. The van der Waals surface area contributed by atoms with Gasteiger partial charge in [-0.2, -0.15) is 0 Å². The molecular formula is C19H20N2O. The van der Waals surface area contributed by atoms with Crippen molar-refractivity contribution in [1.82, 2.24) is 10.3 Å². The lowest BCUT2D eigenvalue weighted by Crippen LogP contribution is -2.27. The predicted octanol–water partition coefficient (Wildman–Crippen LogP) is 3.23. The molecule has 0 fully saturated rings. The van der Waals surface area contributed by atoms with Crippen molar-refractivity contribution in [3.63, 3.8) is 0 Å². The minimum absolute atomic E-state index is 0.0247. The standard InChI is InChI=1S/C19H20N2O/c1-14-17(16-7-3-2-4-8-16)18(14)19(22)21-11-5-6-15-9-12-20-13-10-15/h2-4,7-10,12-13,18H,5-6,11H2,1H3,(H,21,22)/t18-/m1/s1. The highest BCUT2D eigenvalue weighted by atomic mass is 16.2. The summed E-state index contributed by atoms with van der Waals surface area (Å²) in [5.74, 6) is 0.106. The fourth-order valence-electron chi connectivity index (χ4n) is 2.83. The molecule has 0 radical (unpaired) electrons. The van der Waals surface area contributed by atoms with E-state index in [2.05, 4.69) is 22.4 Å². The Morgan fingerprint density at radius 3 is 2.59 bits per heavy atom. The Hall–Kier alpha value is -2.42. The van der Waals surface area contributed by atoms with E-state index in [1.165, 1.54) is 16.7 Å². The van der Waals surface area contributed by atoms with E-state index in [-0.39, 0.29) is 11.8 Å². The third kappa shape index (κ3) is 3.25. The van der Waals surface area contributed by atoms with Gasteiger partial charge in [-0.15, -0.1) is 0 Å². The molecule has 3 rings (SSSR count). The van der Waals surface area contributed by atoms with E-state index in [9.17, 15) is 4.79 Å². The van der Waals surface area contributed by atoms with E-state index in [0.29, 0.717) is 6.54 Å². The van der Waals surface area contributed by atoms with Gasteiger partial charge in [0, 0.05) is 18.9 Å². The van der Waals surface area contributed by atoms with Gasteiger partial charge in [0.05, 0.1) is 5.92 Å². The van der Waals surface area contributed by atoms with Gasteiger partial charge < -0.3 is 5.32 Å². The molecule has 1 N–H and O–H groups in total. The third-order valence-electron chi connectivity index (χ3n) is 4.10. The number of aromatic nitrogens is 1. The summed E-state index contributed by atoms with van der Waals surface area (Å²) in [7, 11) is 0. The molecule has 2 aromatic rings. The minimum Gasteiger partial charge on any atom is -0.355 e. The first-order chi connectivity index (χ1) is 10.8. The first-order valence-electron chi connectivity index (χ1n) is 7.70. The van der Waals surface area contributed by atoms with Gasteiger partial charge in [0.25, 0.3) is 0 Å². The molecule has 22 heavy (non-hydrogen) atoms. The minimum atomic E-state index is -0.0247. The van der Waals surface area contributed by atoms with E-state index in [4.69, 9.17) is 0 Å². The van der Waals surface area contributed by atoms with Crippen LogP contribution < -0.4 is 5.32 Å². The SMILES string of the molecule is CC1=C(c2ccccc2)[C@@H]1C(=O)NCCCc1ccncc1. The Bertz CT molecular complexity index is 677. The fraction of sp³-hybridized carbons (Fsp3) is 0.263. The molecule has 1 aliphatic carbocycles. The molecule has 112 valence electrons. The topological polar surface area (TPSA) is 42.0 Å². The van der Waals surface area contributed by atoms with Crippen LogP contribution in [-0.4, -0.2) is 17.4 Å². The molecule has 0 spiro atoms. The van der Waals surface area contributed by atoms with Crippen LogP contribution in [0, 0.1) is 5.92 Å². The van der Waals surface area contributed by atoms with Gasteiger partial charge in [-0.1, -0.05) is 35.9 Å². The van der Waals surface area contributed by atoms with Gasteiger partial charge in [0.1, 0.15) is 0 Å². The van der Waals surface area contributed by atoms with Gasteiger partial charge in [-0.25, -0.2) is 0 Å². The summed E-state index contributed by atoms with van der Waals surface area (Å²) in [6, 6.07) is 14.2. The summed E-state index contributed by atoms with van der Waals surface area (Å²) < 4.78 is 0. The van der Waals surface area contributed by atoms with Crippen LogP contribution in [0.1, 0.15) is 24.5 Å². The van der Waals surface area contributed by atoms with Crippen LogP contribution in [0.15, 0.2) is 60.4 Å². The maximum absolute atomic E-state index is 12.2. The number of hydrogen-bond donors (Lipinski definition) is 1. The maximum Gasteiger partial charge on any atom is 0.231 e. The van der Waals surface area contributed by atoms with Crippen molar-refractivity contribution in [3.8, 4) is 0 Å². The molecule has 1 amide bonds. The summed E-state index contributed by atoms with van der Waals surface area (Å²) in [5.41, 5.74) is 4.80. The van der Waals surface area contributed by atoms with Gasteiger partial charge in [-0.05, 0) is 48.6 Å². The van der Waals surface area contributed by atoms with Crippen molar-refractivity contribution in [2.75, 3.05) is 6.54 Å². The lowest BCUT2D eigenvalue weighted by Gasteiger charge is -2.06. The van der Waals surface area contributed by atoms with Crippen molar-refractivity contribution in [2.24, 2.45) is 5.92 Å². The molecule has 1 aliphatic rings. The molecular weight excluding hydrogens is 272 g/mol. The number of carbonyl (C=O) groups excluding carboxylic acids is 1. The number of nitrogens with one attached hydrogen (secondary N) is 1. The zero-order valence-corrected chi connectivity index (χ0v) is 12.8. The van der Waals surface area contributed by atoms with E-state index >= 15 is 0 Å². The Morgan fingerprint density at radius 2 is 1.86 bits per heavy atom. The van der Waals surface area contributed by atoms with E-state index < -0.39 is 0 Å². The fourth-order valence-corrected chi connectivity index (χ4v) is 2.83. The van der Waals surface area contributed by atoms with Crippen molar-refractivity contribution < 1.29 is 4.79 Å². The van der Waals surface area contributed by atoms with Gasteiger partial charge in [0.2, 0.25) is 5.91 Å². The summed E-state index contributed by atoms with van der Waals surface area (Å²) in [6.07, 6.45) is 5.52. The molecule has 1 atom stereocenters. The van der Waals surface area contributed by atoms with Crippen molar-refractivity contribution in [3.05, 3.63) is 71.6 Å². The summed E-state index contributed by atoms with van der Waals surface area (Å²) in [5, 5.41) is 3.05. The van der Waals surface area contributed by atoms with Crippen LogP contribution in [-0.2, 0) is 11.2 Å². The van der Waals surface area contributed by atoms with Gasteiger partial charge >= 0.3 is 0 Å². The number of amides is 1. The third-order valence-corrected chi connectivity index (χ3v) is 4.10. The van der Waals surface area contributed by atoms with Crippen LogP contribution in [0.25, 0.3) is 5.57 Å². The van der Waals surface area contributed by atoms with Crippen LogP contribution in [0.5, 0.6) is 0 Å². The number of hydrogen-bond acceptors (Lipinski definition) is 2. The Labute approximate surface area is 131 Å². The largest absolute Gasteiger partial charge is 0.355 e. The molecule has 0 saturated heterocycles. The molecule has 0 bridgehead atoms. The van der Waals surface area contributed by atoms with Crippen LogP contribution in [0.2, 0.25) is 0 Å². The Balaban J connectivity index is 1.44. The first-order valence-corrected chi connectivity index (χ1v) is 7.70. The molecule has 1 aromatic heterocycles. The molecule has 0 saturated carbocycles. The highest BCUT2D eigenvalue weighted by Crippen LogP contribution is 2.46. The van der Waals surface area contributed by atoms with Crippen LogP contribution in [0.3, 0.4) is 0 Å². The van der Waals surface area contributed by atoms with Gasteiger partial charge in [-0.3, -0.25) is 9.78 Å². The lowest BCUT2D eigenvalue weighted by atomic mass is 10.1. The second-order valence-corrected chi connectivity index (χ2v) is 5.65. The van der Waals surface area contributed by atoms with E-state index in [1.54, 1.807) is 12.4 Å². The molecule has 3 heteroatoms. The normalized spacial score (nSPS) is 16.5. The zero-order chi connectivity index (χ0) is 15.4. The number of nitrogens with zero attached hydrogens (tertiary/aromatic N) is 1. The Morgan fingerprint density at radius 1 is 1.14 bits per heavy atom. The van der Waals surface area contributed by atoms with E-state index in [1.807, 2.05) is 37.3 Å². The molecule has 0 aliphatic heterocycles. The predicted molar refractivity (Wildman–Crippen MR) is 88.1 cm³/mol. The quantitative estimate of drug-likeness (QED) is 0.831. The van der Waals surface area contributed by atoms with Crippen LogP contribution >= 0.6 is 0 Å². The molecule has 3 nitrogen and oxygen atoms in total.